The number of carbonyl (C=O) groups is 1. The summed E-state index contributed by atoms with van der Waals surface area (Å²) in [4.78, 5) is 12.6. The largest absolute Gasteiger partial charge is 0.410 e. The minimum atomic E-state index is -1.90. The van der Waals surface area contributed by atoms with Crippen LogP contribution in [-0.2, 0) is 9.22 Å². The summed E-state index contributed by atoms with van der Waals surface area (Å²) in [6.45, 7) is 11.2. The Morgan fingerprint density at radius 1 is 1.29 bits per heavy atom. The third-order valence-electron chi connectivity index (χ3n) is 5.06. The van der Waals surface area contributed by atoms with Crippen molar-refractivity contribution in [3.63, 3.8) is 0 Å². The Morgan fingerprint density at radius 3 is 2.57 bits per heavy atom. The molecule has 0 N–H and O–H groups in total. The molecule has 0 bridgehead atoms. The molecule has 2 unspecified atom stereocenters. The number of Topliss-reactive ketones (excluding diaryl/α,β-unsaturated/α-hetero) is 1. The minimum absolute atomic E-state index is 0.0553. The van der Waals surface area contributed by atoms with Crippen molar-refractivity contribution in [1.29, 1.82) is 0 Å². The normalized spacial score (nSPS) is 27.6. The lowest BCUT2D eigenvalue weighted by atomic mass is 9.91. The number of carbonyl (C=O) groups excluding carboxylic acids is 1. The highest BCUT2D eigenvalue weighted by Crippen LogP contribution is 2.41. The molecular formula is C17H27ClO2Si. The molecule has 0 heterocycles. The fraction of sp³-hybridized carbons (Fsp3) is 0.706. The number of ketones is 1. The molecule has 2 aliphatic carbocycles. The molecule has 0 aromatic rings. The summed E-state index contributed by atoms with van der Waals surface area (Å²) in [6, 6.07) is 0. The van der Waals surface area contributed by atoms with Crippen LogP contribution in [0.5, 0.6) is 0 Å². The van der Waals surface area contributed by atoms with E-state index in [0.717, 1.165) is 36.8 Å². The Morgan fingerprint density at radius 2 is 1.95 bits per heavy atom. The Labute approximate surface area is 134 Å². The number of halogens is 1. The van der Waals surface area contributed by atoms with Crippen molar-refractivity contribution < 1.29 is 9.22 Å². The molecule has 0 aromatic heterocycles. The summed E-state index contributed by atoms with van der Waals surface area (Å²) >= 11 is 6.15. The fourth-order valence-corrected chi connectivity index (χ4v) is 4.20. The van der Waals surface area contributed by atoms with Crippen molar-refractivity contribution >= 4 is 25.7 Å². The average Bonchev–Trinajstić information content (AvgIpc) is 2.55. The van der Waals surface area contributed by atoms with Gasteiger partial charge in [0.05, 0.1) is 6.10 Å². The van der Waals surface area contributed by atoms with E-state index >= 15 is 0 Å². The molecule has 0 aromatic carbocycles. The van der Waals surface area contributed by atoms with Gasteiger partial charge in [0.2, 0.25) is 0 Å². The molecule has 0 aliphatic heterocycles. The summed E-state index contributed by atoms with van der Waals surface area (Å²) in [5, 5.41) is -0.374. The lowest BCUT2D eigenvalue weighted by Gasteiger charge is -2.40. The van der Waals surface area contributed by atoms with Gasteiger partial charge in [0.15, 0.2) is 14.1 Å². The van der Waals surface area contributed by atoms with Crippen molar-refractivity contribution in [3.05, 3.63) is 23.3 Å². The monoisotopic (exact) mass is 326 g/mol. The maximum absolute atomic E-state index is 12.6. The fourth-order valence-electron chi connectivity index (χ4n) is 2.71. The Hall–Kier alpha value is -0.383. The molecule has 118 valence electrons. The van der Waals surface area contributed by atoms with Crippen LogP contribution >= 0.6 is 11.6 Å². The number of alkyl halides is 1. The van der Waals surface area contributed by atoms with Crippen LogP contribution in [0, 0.1) is 0 Å². The Balaban J connectivity index is 2.33. The SMILES string of the molecule is CC(C)(C)[Si](C)(C)OC1CCCCC2=C1C(=O)C(Cl)C=C2. The number of hydrogen-bond donors (Lipinski definition) is 0. The molecular weight excluding hydrogens is 300 g/mol. The first kappa shape index (κ1) is 17.0. The quantitative estimate of drug-likeness (QED) is 0.527. The highest BCUT2D eigenvalue weighted by molar-refractivity contribution is 6.74. The smallest absolute Gasteiger partial charge is 0.192 e. The second-order valence-corrected chi connectivity index (χ2v) is 12.9. The second kappa shape index (κ2) is 6.02. The molecule has 2 atom stereocenters. The first-order valence-electron chi connectivity index (χ1n) is 7.91. The van der Waals surface area contributed by atoms with Gasteiger partial charge in [0, 0.05) is 5.57 Å². The van der Waals surface area contributed by atoms with E-state index in [2.05, 4.69) is 33.9 Å². The minimum Gasteiger partial charge on any atom is -0.410 e. The van der Waals surface area contributed by atoms with Crippen molar-refractivity contribution in [1.82, 2.24) is 0 Å². The summed E-state index contributed by atoms with van der Waals surface area (Å²) in [7, 11) is -1.90. The summed E-state index contributed by atoms with van der Waals surface area (Å²) in [5.74, 6) is 0.0553. The van der Waals surface area contributed by atoms with E-state index in [1.165, 1.54) is 0 Å². The van der Waals surface area contributed by atoms with Crippen LogP contribution in [0.25, 0.3) is 0 Å². The van der Waals surface area contributed by atoms with E-state index in [1.807, 2.05) is 12.2 Å². The van der Waals surface area contributed by atoms with Crippen LogP contribution in [0.1, 0.15) is 46.5 Å². The summed E-state index contributed by atoms with van der Waals surface area (Å²) in [6.07, 6.45) is 7.94. The number of allylic oxidation sites excluding steroid dienone is 3. The standard InChI is InChI=1S/C17H27ClO2Si/c1-17(2,3)21(4,5)20-14-9-7-6-8-12-10-11-13(18)16(19)15(12)14/h10-11,13-14H,6-9H2,1-5H3. The third kappa shape index (κ3) is 3.52. The molecule has 0 radical (unpaired) electrons. The van der Waals surface area contributed by atoms with Crippen molar-refractivity contribution in [2.24, 2.45) is 0 Å². The molecule has 0 amide bonds. The van der Waals surface area contributed by atoms with E-state index in [9.17, 15) is 4.79 Å². The van der Waals surface area contributed by atoms with E-state index < -0.39 is 13.7 Å². The number of rotatable bonds is 2. The summed E-state index contributed by atoms with van der Waals surface area (Å²) < 4.78 is 6.58. The van der Waals surface area contributed by atoms with Gasteiger partial charge in [0.1, 0.15) is 5.38 Å². The third-order valence-corrected chi connectivity index (χ3v) is 9.89. The van der Waals surface area contributed by atoms with Gasteiger partial charge in [-0.2, -0.15) is 0 Å². The predicted octanol–water partition coefficient (Wildman–Crippen LogP) is 4.99. The van der Waals surface area contributed by atoms with Crippen LogP contribution in [0.3, 0.4) is 0 Å². The summed E-state index contributed by atoms with van der Waals surface area (Å²) in [5.41, 5.74) is 2.01. The van der Waals surface area contributed by atoms with Gasteiger partial charge < -0.3 is 4.43 Å². The lowest BCUT2D eigenvalue weighted by Crippen LogP contribution is -2.45. The second-order valence-electron chi connectivity index (χ2n) is 7.68. The van der Waals surface area contributed by atoms with Gasteiger partial charge >= 0.3 is 0 Å². The molecule has 2 nitrogen and oxygen atoms in total. The van der Waals surface area contributed by atoms with E-state index in [4.69, 9.17) is 16.0 Å². The molecule has 2 rings (SSSR count). The van der Waals surface area contributed by atoms with Crippen LogP contribution in [0.4, 0.5) is 0 Å². The zero-order valence-electron chi connectivity index (χ0n) is 13.8. The molecule has 4 heteroatoms. The van der Waals surface area contributed by atoms with Crippen LogP contribution in [-0.4, -0.2) is 25.6 Å². The first-order chi connectivity index (χ1) is 9.63. The van der Waals surface area contributed by atoms with Crippen molar-refractivity contribution in [2.75, 3.05) is 0 Å². The maximum atomic E-state index is 12.6. The lowest BCUT2D eigenvalue weighted by molar-refractivity contribution is -0.115. The van der Waals surface area contributed by atoms with Crippen molar-refractivity contribution in [3.8, 4) is 0 Å². The molecule has 0 saturated carbocycles. The maximum Gasteiger partial charge on any atom is 0.192 e. The molecule has 2 aliphatic rings. The van der Waals surface area contributed by atoms with E-state index in [1.54, 1.807) is 0 Å². The zero-order chi connectivity index (χ0) is 15.8. The van der Waals surface area contributed by atoms with Gasteiger partial charge in [-0.05, 0) is 43.0 Å². The Bertz CT molecular complexity index is 486. The van der Waals surface area contributed by atoms with Gasteiger partial charge in [-0.1, -0.05) is 39.3 Å². The molecule has 21 heavy (non-hydrogen) atoms. The van der Waals surface area contributed by atoms with E-state index in [0.29, 0.717) is 0 Å². The first-order valence-corrected chi connectivity index (χ1v) is 11.3. The van der Waals surface area contributed by atoms with Crippen LogP contribution < -0.4 is 0 Å². The molecule has 0 fully saturated rings. The highest BCUT2D eigenvalue weighted by atomic mass is 35.5. The number of hydrogen-bond acceptors (Lipinski definition) is 2. The van der Waals surface area contributed by atoms with Gasteiger partial charge in [-0.3, -0.25) is 4.79 Å². The molecule has 0 spiro atoms. The Kier molecular flexibility index (Phi) is 4.86. The molecule has 0 saturated heterocycles. The van der Waals surface area contributed by atoms with Gasteiger partial charge in [-0.15, -0.1) is 11.6 Å². The van der Waals surface area contributed by atoms with E-state index in [-0.39, 0.29) is 16.9 Å². The van der Waals surface area contributed by atoms with Gasteiger partial charge in [-0.25, -0.2) is 0 Å². The van der Waals surface area contributed by atoms with Crippen LogP contribution in [0.2, 0.25) is 18.1 Å². The van der Waals surface area contributed by atoms with Gasteiger partial charge in [0.25, 0.3) is 0 Å². The van der Waals surface area contributed by atoms with Crippen LogP contribution in [0.15, 0.2) is 23.3 Å². The topological polar surface area (TPSA) is 26.3 Å². The average molecular weight is 327 g/mol. The highest BCUT2D eigenvalue weighted by Gasteiger charge is 2.42. The zero-order valence-corrected chi connectivity index (χ0v) is 15.6. The predicted molar refractivity (Wildman–Crippen MR) is 91.4 cm³/mol. The van der Waals surface area contributed by atoms with Crippen molar-refractivity contribution in [2.45, 2.75) is 76.1 Å².